The summed E-state index contributed by atoms with van der Waals surface area (Å²) in [5.41, 5.74) is 0. The minimum atomic E-state index is 0.239. The predicted molar refractivity (Wildman–Crippen MR) is 63.6 cm³/mol. The van der Waals surface area contributed by atoms with Gasteiger partial charge in [-0.3, -0.25) is 4.79 Å². The normalized spacial score (nSPS) is 19.5. The van der Waals surface area contributed by atoms with Gasteiger partial charge in [-0.15, -0.1) is 0 Å². The molecule has 1 atom stereocenters. The van der Waals surface area contributed by atoms with Crippen molar-refractivity contribution in [3.8, 4) is 0 Å². The first-order chi connectivity index (χ1) is 7.09. The zero-order valence-electron chi connectivity index (χ0n) is 10.4. The van der Waals surface area contributed by atoms with Crippen molar-refractivity contribution in [2.75, 3.05) is 0 Å². The maximum atomic E-state index is 11.6. The lowest BCUT2D eigenvalue weighted by Gasteiger charge is -2.18. The van der Waals surface area contributed by atoms with Gasteiger partial charge in [0.25, 0.3) is 0 Å². The number of nitrogens with one attached hydrogen (secondary N) is 1. The second-order valence-electron chi connectivity index (χ2n) is 5.29. The van der Waals surface area contributed by atoms with E-state index in [9.17, 15) is 4.79 Å². The Kier molecular flexibility index (Phi) is 5.13. The molecule has 0 saturated heterocycles. The number of amides is 1. The minimum absolute atomic E-state index is 0.239. The molecule has 0 spiro atoms. The SMILES string of the molecule is CC(C)C(C)NC(=O)CCC1CCCC1. The molecule has 88 valence electrons. The highest BCUT2D eigenvalue weighted by Crippen LogP contribution is 2.28. The third-order valence-corrected chi connectivity index (χ3v) is 3.64. The summed E-state index contributed by atoms with van der Waals surface area (Å²) in [7, 11) is 0. The van der Waals surface area contributed by atoms with Gasteiger partial charge in [-0.05, 0) is 25.2 Å². The number of hydrogen-bond donors (Lipinski definition) is 1. The van der Waals surface area contributed by atoms with Gasteiger partial charge in [-0.25, -0.2) is 0 Å². The van der Waals surface area contributed by atoms with E-state index in [2.05, 4.69) is 26.1 Å². The van der Waals surface area contributed by atoms with Crippen molar-refractivity contribution in [1.82, 2.24) is 5.32 Å². The molecule has 0 aromatic heterocycles. The van der Waals surface area contributed by atoms with Crippen LogP contribution in [0.3, 0.4) is 0 Å². The lowest BCUT2D eigenvalue weighted by Crippen LogP contribution is -2.36. The first-order valence-corrected chi connectivity index (χ1v) is 6.39. The van der Waals surface area contributed by atoms with Crippen LogP contribution < -0.4 is 5.32 Å². The Bertz CT molecular complexity index is 195. The van der Waals surface area contributed by atoms with Gasteiger partial charge in [-0.2, -0.15) is 0 Å². The van der Waals surface area contributed by atoms with Crippen LogP contribution in [0.15, 0.2) is 0 Å². The molecule has 15 heavy (non-hydrogen) atoms. The van der Waals surface area contributed by atoms with E-state index in [1.165, 1.54) is 25.7 Å². The topological polar surface area (TPSA) is 29.1 Å². The Labute approximate surface area is 93.8 Å². The fourth-order valence-electron chi connectivity index (χ4n) is 2.13. The van der Waals surface area contributed by atoms with Crippen molar-refractivity contribution >= 4 is 5.91 Å². The molecule has 1 saturated carbocycles. The van der Waals surface area contributed by atoms with E-state index >= 15 is 0 Å². The average Bonchev–Trinajstić information content (AvgIpc) is 2.66. The molecule has 2 heteroatoms. The van der Waals surface area contributed by atoms with Crippen molar-refractivity contribution in [2.45, 2.75) is 65.3 Å². The molecule has 0 aromatic rings. The molecular formula is C13H25NO. The van der Waals surface area contributed by atoms with Gasteiger partial charge in [0.05, 0.1) is 0 Å². The molecule has 1 N–H and O–H groups in total. The maximum Gasteiger partial charge on any atom is 0.220 e. The van der Waals surface area contributed by atoms with Gasteiger partial charge >= 0.3 is 0 Å². The predicted octanol–water partition coefficient (Wildman–Crippen LogP) is 3.12. The van der Waals surface area contributed by atoms with Gasteiger partial charge in [-0.1, -0.05) is 39.5 Å². The second kappa shape index (κ2) is 6.14. The van der Waals surface area contributed by atoms with Crippen LogP contribution in [-0.4, -0.2) is 11.9 Å². The molecule has 1 unspecified atom stereocenters. The molecule has 0 radical (unpaired) electrons. The summed E-state index contributed by atoms with van der Waals surface area (Å²) in [4.78, 5) is 11.6. The molecule has 0 heterocycles. The van der Waals surface area contributed by atoms with Gasteiger partial charge in [0, 0.05) is 12.5 Å². The van der Waals surface area contributed by atoms with E-state index in [4.69, 9.17) is 0 Å². The van der Waals surface area contributed by atoms with Gasteiger partial charge < -0.3 is 5.32 Å². The Morgan fingerprint density at radius 2 is 1.87 bits per heavy atom. The lowest BCUT2D eigenvalue weighted by molar-refractivity contribution is -0.122. The van der Waals surface area contributed by atoms with Crippen molar-refractivity contribution in [2.24, 2.45) is 11.8 Å². The number of hydrogen-bond acceptors (Lipinski definition) is 1. The Hall–Kier alpha value is -0.530. The molecule has 2 nitrogen and oxygen atoms in total. The van der Waals surface area contributed by atoms with Crippen LogP contribution in [-0.2, 0) is 4.79 Å². The monoisotopic (exact) mass is 211 g/mol. The van der Waals surface area contributed by atoms with E-state index in [-0.39, 0.29) is 5.91 Å². The molecule has 0 aromatic carbocycles. The highest BCUT2D eigenvalue weighted by atomic mass is 16.1. The van der Waals surface area contributed by atoms with E-state index < -0.39 is 0 Å². The third-order valence-electron chi connectivity index (χ3n) is 3.64. The van der Waals surface area contributed by atoms with Gasteiger partial charge in [0.2, 0.25) is 5.91 Å². The molecule has 0 aliphatic heterocycles. The molecular weight excluding hydrogens is 186 g/mol. The second-order valence-corrected chi connectivity index (χ2v) is 5.29. The zero-order chi connectivity index (χ0) is 11.3. The highest BCUT2D eigenvalue weighted by Gasteiger charge is 2.17. The number of rotatable bonds is 5. The molecule has 0 bridgehead atoms. The number of carbonyl (C=O) groups is 1. The summed E-state index contributed by atoms with van der Waals surface area (Å²) in [5.74, 6) is 1.59. The molecule has 1 amide bonds. The summed E-state index contributed by atoms with van der Waals surface area (Å²) in [5, 5.41) is 3.06. The molecule has 1 aliphatic carbocycles. The van der Waals surface area contributed by atoms with E-state index in [1.54, 1.807) is 0 Å². The van der Waals surface area contributed by atoms with E-state index in [1.807, 2.05) is 0 Å². The fraction of sp³-hybridized carbons (Fsp3) is 0.923. The van der Waals surface area contributed by atoms with Crippen LogP contribution in [0.1, 0.15) is 59.3 Å². The average molecular weight is 211 g/mol. The van der Waals surface area contributed by atoms with Crippen LogP contribution in [0.2, 0.25) is 0 Å². The Balaban J connectivity index is 2.12. The van der Waals surface area contributed by atoms with Crippen LogP contribution >= 0.6 is 0 Å². The highest BCUT2D eigenvalue weighted by molar-refractivity contribution is 5.76. The van der Waals surface area contributed by atoms with Crippen molar-refractivity contribution in [3.63, 3.8) is 0 Å². The Morgan fingerprint density at radius 3 is 2.40 bits per heavy atom. The fourth-order valence-corrected chi connectivity index (χ4v) is 2.13. The zero-order valence-corrected chi connectivity index (χ0v) is 10.4. The summed E-state index contributed by atoms with van der Waals surface area (Å²) in [6.45, 7) is 6.36. The van der Waals surface area contributed by atoms with Crippen molar-refractivity contribution < 1.29 is 4.79 Å². The molecule has 1 fully saturated rings. The van der Waals surface area contributed by atoms with Crippen LogP contribution in [0.5, 0.6) is 0 Å². The standard InChI is InChI=1S/C13H25NO/c1-10(2)11(3)14-13(15)9-8-12-6-4-5-7-12/h10-12H,4-9H2,1-3H3,(H,14,15). The summed E-state index contributed by atoms with van der Waals surface area (Å²) >= 11 is 0. The summed E-state index contributed by atoms with van der Waals surface area (Å²) in [6.07, 6.45) is 7.24. The molecule has 1 rings (SSSR count). The van der Waals surface area contributed by atoms with E-state index in [0.717, 1.165) is 18.8 Å². The van der Waals surface area contributed by atoms with Crippen molar-refractivity contribution in [1.29, 1.82) is 0 Å². The third kappa shape index (κ3) is 4.67. The largest absolute Gasteiger partial charge is 0.353 e. The van der Waals surface area contributed by atoms with Crippen LogP contribution in [0.25, 0.3) is 0 Å². The van der Waals surface area contributed by atoms with E-state index in [0.29, 0.717) is 12.0 Å². The first-order valence-electron chi connectivity index (χ1n) is 6.39. The first kappa shape index (κ1) is 12.5. The number of carbonyl (C=O) groups excluding carboxylic acids is 1. The minimum Gasteiger partial charge on any atom is -0.353 e. The Morgan fingerprint density at radius 1 is 1.27 bits per heavy atom. The maximum absolute atomic E-state index is 11.6. The summed E-state index contributed by atoms with van der Waals surface area (Å²) in [6, 6.07) is 0.307. The van der Waals surface area contributed by atoms with Gasteiger partial charge in [0.1, 0.15) is 0 Å². The van der Waals surface area contributed by atoms with Gasteiger partial charge in [0.15, 0.2) is 0 Å². The lowest BCUT2D eigenvalue weighted by atomic mass is 10.0. The smallest absolute Gasteiger partial charge is 0.220 e. The summed E-state index contributed by atoms with van der Waals surface area (Å²) < 4.78 is 0. The van der Waals surface area contributed by atoms with Crippen LogP contribution in [0, 0.1) is 11.8 Å². The quantitative estimate of drug-likeness (QED) is 0.743. The van der Waals surface area contributed by atoms with Crippen molar-refractivity contribution in [3.05, 3.63) is 0 Å². The van der Waals surface area contributed by atoms with Crippen LogP contribution in [0.4, 0.5) is 0 Å². The molecule has 1 aliphatic rings.